The highest BCUT2D eigenvalue weighted by molar-refractivity contribution is 9.10. The van der Waals surface area contributed by atoms with E-state index < -0.39 is 6.04 Å². The molecule has 2 aromatic rings. The lowest BCUT2D eigenvalue weighted by Gasteiger charge is -2.28. The predicted octanol–water partition coefficient (Wildman–Crippen LogP) is 4.73. The van der Waals surface area contributed by atoms with E-state index in [0.29, 0.717) is 23.9 Å². The van der Waals surface area contributed by atoms with Crippen molar-refractivity contribution in [2.24, 2.45) is 0 Å². The van der Waals surface area contributed by atoms with Gasteiger partial charge in [-0.3, -0.25) is 9.59 Å². The first-order valence-corrected chi connectivity index (χ1v) is 10.7. The van der Waals surface area contributed by atoms with E-state index in [0.717, 1.165) is 22.0 Å². The normalized spacial score (nSPS) is 11.6. The SMILES string of the molecule is CCCNC(=O)C(C)N(Cc1ccc(Cl)cc1)C(=O)COc1ccc(Br)c(C)c1. The van der Waals surface area contributed by atoms with Crippen LogP contribution in [0.2, 0.25) is 5.02 Å². The summed E-state index contributed by atoms with van der Waals surface area (Å²) < 4.78 is 6.66. The lowest BCUT2D eigenvalue weighted by atomic mass is 10.1. The molecule has 0 aliphatic heterocycles. The minimum atomic E-state index is -0.625. The lowest BCUT2D eigenvalue weighted by Crippen LogP contribution is -2.49. The molecule has 2 aromatic carbocycles. The summed E-state index contributed by atoms with van der Waals surface area (Å²) in [5.74, 6) is 0.155. The molecule has 0 spiro atoms. The van der Waals surface area contributed by atoms with Gasteiger partial charge in [-0.2, -0.15) is 0 Å². The number of nitrogens with zero attached hydrogens (tertiary/aromatic N) is 1. The van der Waals surface area contributed by atoms with Crippen molar-refractivity contribution >= 4 is 39.3 Å². The Labute approximate surface area is 185 Å². The van der Waals surface area contributed by atoms with Crippen LogP contribution in [-0.2, 0) is 16.1 Å². The zero-order chi connectivity index (χ0) is 21.4. The van der Waals surface area contributed by atoms with Gasteiger partial charge >= 0.3 is 0 Å². The van der Waals surface area contributed by atoms with Gasteiger partial charge in [-0.15, -0.1) is 0 Å². The monoisotopic (exact) mass is 480 g/mol. The van der Waals surface area contributed by atoms with Crippen molar-refractivity contribution < 1.29 is 14.3 Å². The Hall–Kier alpha value is -2.05. The van der Waals surface area contributed by atoms with Gasteiger partial charge in [-0.25, -0.2) is 0 Å². The fourth-order valence-corrected chi connectivity index (χ4v) is 3.07. The Kier molecular flexibility index (Phi) is 8.99. The van der Waals surface area contributed by atoms with Crippen LogP contribution in [0.4, 0.5) is 0 Å². The van der Waals surface area contributed by atoms with E-state index in [1.165, 1.54) is 4.90 Å². The van der Waals surface area contributed by atoms with Crippen LogP contribution in [0.5, 0.6) is 5.75 Å². The highest BCUT2D eigenvalue weighted by atomic mass is 79.9. The molecule has 0 aromatic heterocycles. The number of hydrogen-bond acceptors (Lipinski definition) is 3. The Bertz CT molecular complexity index is 842. The Morgan fingerprint density at radius 2 is 1.90 bits per heavy atom. The molecule has 0 aliphatic rings. The maximum Gasteiger partial charge on any atom is 0.261 e. The second kappa shape index (κ2) is 11.2. The van der Waals surface area contributed by atoms with E-state index in [9.17, 15) is 9.59 Å². The van der Waals surface area contributed by atoms with Crippen molar-refractivity contribution in [2.45, 2.75) is 39.8 Å². The van der Waals surface area contributed by atoms with E-state index in [4.69, 9.17) is 16.3 Å². The predicted molar refractivity (Wildman–Crippen MR) is 119 cm³/mol. The molecule has 7 heteroatoms. The molecule has 29 heavy (non-hydrogen) atoms. The third-order valence-corrected chi connectivity index (χ3v) is 5.62. The summed E-state index contributed by atoms with van der Waals surface area (Å²) in [6, 6.07) is 12.1. The molecule has 2 amide bonds. The number of amides is 2. The number of nitrogens with one attached hydrogen (secondary N) is 1. The van der Waals surface area contributed by atoms with Crippen LogP contribution in [0, 0.1) is 6.92 Å². The van der Waals surface area contributed by atoms with E-state index in [2.05, 4.69) is 21.2 Å². The maximum atomic E-state index is 12.9. The van der Waals surface area contributed by atoms with Crippen LogP contribution in [0.3, 0.4) is 0 Å². The third-order valence-electron chi connectivity index (χ3n) is 4.47. The Morgan fingerprint density at radius 3 is 2.52 bits per heavy atom. The second-order valence-corrected chi connectivity index (χ2v) is 8.11. The van der Waals surface area contributed by atoms with Gasteiger partial charge in [-0.1, -0.05) is 46.6 Å². The number of rotatable bonds is 9. The van der Waals surface area contributed by atoms with Crippen LogP contribution < -0.4 is 10.1 Å². The average molecular weight is 482 g/mol. The van der Waals surface area contributed by atoms with Crippen molar-refractivity contribution in [1.82, 2.24) is 10.2 Å². The largest absolute Gasteiger partial charge is 0.484 e. The molecule has 1 N–H and O–H groups in total. The number of ether oxygens (including phenoxy) is 1. The number of benzene rings is 2. The molecule has 5 nitrogen and oxygen atoms in total. The summed E-state index contributed by atoms with van der Waals surface area (Å²) >= 11 is 9.40. The molecule has 2 rings (SSSR count). The van der Waals surface area contributed by atoms with E-state index >= 15 is 0 Å². The molecule has 0 saturated heterocycles. The molecule has 0 radical (unpaired) electrons. The van der Waals surface area contributed by atoms with E-state index in [-0.39, 0.29) is 18.4 Å². The van der Waals surface area contributed by atoms with Crippen molar-refractivity contribution in [3.05, 3.63) is 63.1 Å². The lowest BCUT2D eigenvalue weighted by molar-refractivity contribution is -0.142. The highest BCUT2D eigenvalue weighted by Gasteiger charge is 2.26. The van der Waals surface area contributed by atoms with Crippen molar-refractivity contribution in [1.29, 1.82) is 0 Å². The van der Waals surface area contributed by atoms with Gasteiger partial charge in [-0.05, 0) is 61.7 Å². The number of carbonyl (C=O) groups is 2. The van der Waals surface area contributed by atoms with Crippen LogP contribution in [0.25, 0.3) is 0 Å². The standard InChI is InChI=1S/C22H26BrClN2O3/c1-4-11-25-22(28)16(3)26(13-17-5-7-18(24)8-6-17)21(27)14-29-19-9-10-20(23)15(2)12-19/h5-10,12,16H,4,11,13-14H2,1-3H3,(H,25,28). The fourth-order valence-electron chi connectivity index (χ4n) is 2.70. The summed E-state index contributed by atoms with van der Waals surface area (Å²) in [6.07, 6.45) is 0.829. The van der Waals surface area contributed by atoms with Gasteiger partial charge in [0, 0.05) is 22.6 Å². The first-order valence-electron chi connectivity index (χ1n) is 9.52. The molecule has 156 valence electrons. The number of carbonyl (C=O) groups excluding carboxylic acids is 2. The molecule has 0 aliphatic carbocycles. The quantitative estimate of drug-likeness (QED) is 0.563. The summed E-state index contributed by atoms with van der Waals surface area (Å²) in [5.41, 5.74) is 1.90. The highest BCUT2D eigenvalue weighted by Crippen LogP contribution is 2.22. The third kappa shape index (κ3) is 7.05. The minimum absolute atomic E-state index is 0.153. The summed E-state index contributed by atoms with van der Waals surface area (Å²) in [6.45, 7) is 6.37. The average Bonchev–Trinajstić information content (AvgIpc) is 2.71. The van der Waals surface area contributed by atoms with E-state index in [1.54, 1.807) is 25.1 Å². The molecule has 1 unspecified atom stereocenters. The van der Waals surface area contributed by atoms with Crippen LogP contribution in [0.1, 0.15) is 31.4 Å². The topological polar surface area (TPSA) is 58.6 Å². The molecule has 0 heterocycles. The van der Waals surface area contributed by atoms with Crippen molar-refractivity contribution in [3.63, 3.8) is 0 Å². The zero-order valence-corrected chi connectivity index (χ0v) is 19.2. The van der Waals surface area contributed by atoms with Crippen LogP contribution in [-0.4, -0.2) is 35.9 Å². The first kappa shape index (κ1) is 23.2. The van der Waals surface area contributed by atoms with Crippen molar-refractivity contribution in [3.8, 4) is 5.75 Å². The molecular formula is C22H26BrClN2O3. The number of hydrogen-bond donors (Lipinski definition) is 1. The van der Waals surface area contributed by atoms with Gasteiger partial charge in [0.1, 0.15) is 11.8 Å². The number of aryl methyl sites for hydroxylation is 1. The summed E-state index contributed by atoms with van der Waals surface area (Å²) in [4.78, 5) is 26.9. The molecule has 1 atom stereocenters. The maximum absolute atomic E-state index is 12.9. The molecular weight excluding hydrogens is 456 g/mol. The van der Waals surface area contributed by atoms with Crippen LogP contribution >= 0.6 is 27.5 Å². The zero-order valence-electron chi connectivity index (χ0n) is 16.9. The second-order valence-electron chi connectivity index (χ2n) is 6.81. The first-order chi connectivity index (χ1) is 13.8. The van der Waals surface area contributed by atoms with Gasteiger partial charge in [0.05, 0.1) is 0 Å². The smallest absolute Gasteiger partial charge is 0.261 e. The van der Waals surface area contributed by atoms with Crippen LogP contribution in [0.15, 0.2) is 46.9 Å². The molecule has 0 bridgehead atoms. The van der Waals surface area contributed by atoms with Gasteiger partial charge in [0.25, 0.3) is 5.91 Å². The van der Waals surface area contributed by atoms with Crippen molar-refractivity contribution in [2.75, 3.05) is 13.2 Å². The Morgan fingerprint density at radius 1 is 1.21 bits per heavy atom. The summed E-state index contributed by atoms with van der Waals surface area (Å²) in [5, 5.41) is 3.47. The Balaban J connectivity index is 2.13. The minimum Gasteiger partial charge on any atom is -0.484 e. The summed E-state index contributed by atoms with van der Waals surface area (Å²) in [7, 11) is 0. The van der Waals surface area contributed by atoms with Gasteiger partial charge < -0.3 is 15.0 Å². The van der Waals surface area contributed by atoms with Gasteiger partial charge in [0.2, 0.25) is 5.91 Å². The van der Waals surface area contributed by atoms with Gasteiger partial charge in [0.15, 0.2) is 6.61 Å². The number of halogens is 2. The molecule has 0 saturated carbocycles. The fraction of sp³-hybridized carbons (Fsp3) is 0.364. The van der Waals surface area contributed by atoms with E-state index in [1.807, 2.05) is 38.1 Å². The molecule has 0 fully saturated rings.